The van der Waals surface area contributed by atoms with E-state index in [0.29, 0.717) is 18.7 Å². The molecule has 0 radical (unpaired) electrons. The highest BCUT2D eigenvalue weighted by Crippen LogP contribution is 2.20. The Hall–Kier alpha value is -3.36. The van der Waals surface area contributed by atoms with Gasteiger partial charge in [0.15, 0.2) is 0 Å². The van der Waals surface area contributed by atoms with Gasteiger partial charge >= 0.3 is 0 Å². The van der Waals surface area contributed by atoms with Crippen molar-refractivity contribution in [3.05, 3.63) is 88.9 Å². The van der Waals surface area contributed by atoms with Crippen molar-refractivity contribution in [2.75, 3.05) is 6.54 Å². The Bertz CT molecular complexity index is 1380. The van der Waals surface area contributed by atoms with Crippen LogP contribution in [0.25, 0.3) is 10.9 Å². The van der Waals surface area contributed by atoms with Crippen molar-refractivity contribution in [1.82, 2.24) is 14.9 Å². The molecule has 0 bridgehead atoms. The minimum absolute atomic E-state index is 0.0810. The summed E-state index contributed by atoms with van der Waals surface area (Å²) in [6.07, 6.45) is 2.73. The topological polar surface area (TPSA) is 110 Å². The molecule has 1 amide bonds. The number of hydrogen-bond donors (Lipinski definition) is 3. The van der Waals surface area contributed by atoms with Crippen molar-refractivity contribution in [3.63, 3.8) is 0 Å². The number of carbonyl (C=O) groups excluding carboxylic acids is 1. The molecule has 0 spiro atoms. The van der Waals surface area contributed by atoms with E-state index in [-0.39, 0.29) is 10.8 Å². The monoisotopic (exact) mass is 450 g/mol. The average Bonchev–Trinajstić information content (AvgIpc) is 3.29. The minimum Gasteiger partial charge on any atom is -0.361 e. The molecule has 2 aromatic heterocycles. The summed E-state index contributed by atoms with van der Waals surface area (Å²) in [5.74, 6) is -0.103. The van der Waals surface area contributed by atoms with Crippen LogP contribution >= 0.6 is 0 Å². The van der Waals surface area contributed by atoms with Crippen molar-refractivity contribution in [2.24, 2.45) is 5.14 Å². The highest BCUT2D eigenvalue weighted by Gasteiger charge is 2.16. The van der Waals surface area contributed by atoms with E-state index in [9.17, 15) is 13.2 Å². The number of nitrogens with zero attached hydrogens (tertiary/aromatic N) is 1. The maximum atomic E-state index is 12.8. The molecule has 2 aromatic carbocycles. The molecule has 0 aliphatic heterocycles. The number of fused-ring (bicyclic) bond motifs is 1. The molecule has 0 fully saturated rings. The van der Waals surface area contributed by atoms with Crippen molar-refractivity contribution in [1.29, 1.82) is 0 Å². The van der Waals surface area contributed by atoms with Gasteiger partial charge in [0.05, 0.1) is 10.5 Å². The Morgan fingerprint density at radius 1 is 1.09 bits per heavy atom. The van der Waals surface area contributed by atoms with Crippen molar-refractivity contribution in [3.8, 4) is 0 Å². The molecule has 8 heteroatoms. The highest BCUT2D eigenvalue weighted by molar-refractivity contribution is 7.89. The normalized spacial score (nSPS) is 11.7. The Kier molecular flexibility index (Phi) is 5.90. The number of benzene rings is 2. The standard InChI is InChI=1S/C24H26N4O3S/c1-16-13-22(17(2)28(16)15-18-7-9-20(10-8-18)32(25,30)31)24(29)26-12-11-19-14-27-23-6-4-3-5-21(19)23/h3-10,13-14,27H,11-12,15H2,1-2H3,(H,26,29)(H2,25,30,31). The predicted octanol–water partition coefficient (Wildman–Crippen LogP) is 3.25. The molecule has 0 atom stereocenters. The Labute approximate surface area is 187 Å². The van der Waals surface area contributed by atoms with Gasteiger partial charge in [0.1, 0.15) is 0 Å². The molecule has 0 saturated carbocycles. The van der Waals surface area contributed by atoms with Crippen LogP contribution in [0.15, 0.2) is 65.7 Å². The zero-order chi connectivity index (χ0) is 22.9. The van der Waals surface area contributed by atoms with Gasteiger partial charge in [-0.05, 0) is 55.7 Å². The maximum Gasteiger partial charge on any atom is 0.253 e. The van der Waals surface area contributed by atoms with Gasteiger partial charge in [-0.25, -0.2) is 13.6 Å². The Morgan fingerprint density at radius 2 is 1.81 bits per heavy atom. The van der Waals surface area contributed by atoms with Crippen LogP contribution in [0.4, 0.5) is 0 Å². The molecular formula is C24H26N4O3S. The first-order valence-corrected chi connectivity index (χ1v) is 11.9. The SMILES string of the molecule is Cc1cc(C(=O)NCCc2c[nH]c3ccccc23)c(C)n1Cc1ccc(S(N)(=O)=O)cc1. The third-order valence-corrected chi connectivity index (χ3v) is 6.69. The van der Waals surface area contributed by atoms with Gasteiger partial charge in [0.2, 0.25) is 10.0 Å². The summed E-state index contributed by atoms with van der Waals surface area (Å²) < 4.78 is 24.9. The van der Waals surface area contributed by atoms with E-state index in [2.05, 4.69) is 16.4 Å². The van der Waals surface area contributed by atoms with Crippen LogP contribution in [0.3, 0.4) is 0 Å². The van der Waals surface area contributed by atoms with E-state index in [0.717, 1.165) is 28.9 Å². The largest absolute Gasteiger partial charge is 0.361 e. The molecule has 166 valence electrons. The van der Waals surface area contributed by atoms with E-state index in [1.807, 2.05) is 48.9 Å². The number of nitrogens with one attached hydrogen (secondary N) is 2. The lowest BCUT2D eigenvalue weighted by Gasteiger charge is -2.11. The number of aromatic amines is 1. The number of H-pyrrole nitrogens is 1. The molecular weight excluding hydrogens is 424 g/mol. The second kappa shape index (κ2) is 8.64. The summed E-state index contributed by atoms with van der Waals surface area (Å²) in [5.41, 5.74) is 5.65. The second-order valence-corrected chi connectivity index (χ2v) is 9.49. The second-order valence-electron chi connectivity index (χ2n) is 7.93. The lowest BCUT2D eigenvalue weighted by atomic mass is 10.1. The van der Waals surface area contributed by atoms with Gasteiger partial charge in [-0.15, -0.1) is 0 Å². The fraction of sp³-hybridized carbons (Fsp3) is 0.208. The third-order valence-electron chi connectivity index (χ3n) is 5.77. The van der Waals surface area contributed by atoms with Gasteiger partial charge < -0.3 is 14.9 Å². The molecule has 32 heavy (non-hydrogen) atoms. The fourth-order valence-electron chi connectivity index (χ4n) is 3.99. The van der Waals surface area contributed by atoms with Crippen LogP contribution in [-0.2, 0) is 23.0 Å². The Balaban J connectivity index is 1.43. The van der Waals surface area contributed by atoms with E-state index >= 15 is 0 Å². The maximum absolute atomic E-state index is 12.8. The quantitative estimate of drug-likeness (QED) is 0.402. The van der Waals surface area contributed by atoms with Gasteiger partial charge in [0.25, 0.3) is 5.91 Å². The number of amides is 1. The summed E-state index contributed by atoms with van der Waals surface area (Å²) in [6, 6.07) is 16.5. The van der Waals surface area contributed by atoms with E-state index in [1.165, 1.54) is 23.1 Å². The Morgan fingerprint density at radius 3 is 2.53 bits per heavy atom. The highest BCUT2D eigenvalue weighted by atomic mass is 32.2. The first kappa shape index (κ1) is 21.9. The molecule has 0 aliphatic carbocycles. The molecule has 4 rings (SSSR count). The lowest BCUT2D eigenvalue weighted by Crippen LogP contribution is -2.26. The molecule has 2 heterocycles. The molecule has 0 aliphatic rings. The molecule has 7 nitrogen and oxygen atoms in total. The van der Waals surface area contributed by atoms with Gasteiger partial charge in [-0.2, -0.15) is 0 Å². The molecule has 4 aromatic rings. The van der Waals surface area contributed by atoms with Crippen LogP contribution in [0.5, 0.6) is 0 Å². The third kappa shape index (κ3) is 4.46. The van der Waals surface area contributed by atoms with Crippen LogP contribution in [-0.4, -0.2) is 30.4 Å². The summed E-state index contributed by atoms with van der Waals surface area (Å²) in [6.45, 7) is 4.94. The first-order valence-electron chi connectivity index (χ1n) is 10.4. The first-order chi connectivity index (χ1) is 15.2. The number of para-hydroxylation sites is 1. The number of primary sulfonamides is 1. The van der Waals surface area contributed by atoms with Gasteiger partial charge in [-0.3, -0.25) is 4.79 Å². The zero-order valence-corrected chi connectivity index (χ0v) is 18.9. The van der Waals surface area contributed by atoms with Crippen molar-refractivity contribution < 1.29 is 13.2 Å². The van der Waals surface area contributed by atoms with Gasteiger partial charge in [-0.1, -0.05) is 30.3 Å². The summed E-state index contributed by atoms with van der Waals surface area (Å²) in [4.78, 5) is 16.2. The average molecular weight is 451 g/mol. The van der Waals surface area contributed by atoms with Gasteiger partial charge in [0, 0.05) is 41.6 Å². The number of aryl methyl sites for hydroxylation is 1. The fourth-order valence-corrected chi connectivity index (χ4v) is 4.50. The van der Waals surface area contributed by atoms with Crippen molar-refractivity contribution in [2.45, 2.75) is 31.7 Å². The van der Waals surface area contributed by atoms with Crippen LogP contribution in [0, 0.1) is 13.8 Å². The number of hydrogen-bond acceptors (Lipinski definition) is 3. The predicted molar refractivity (Wildman–Crippen MR) is 125 cm³/mol. The summed E-state index contributed by atoms with van der Waals surface area (Å²) in [7, 11) is -3.72. The number of nitrogens with two attached hydrogens (primary N) is 1. The number of aromatic nitrogens is 2. The van der Waals surface area contributed by atoms with E-state index in [4.69, 9.17) is 5.14 Å². The number of sulfonamides is 1. The number of rotatable bonds is 7. The summed E-state index contributed by atoms with van der Waals surface area (Å²) >= 11 is 0. The zero-order valence-electron chi connectivity index (χ0n) is 18.1. The molecule has 0 unspecified atom stereocenters. The minimum atomic E-state index is -3.72. The van der Waals surface area contributed by atoms with Crippen LogP contribution in [0.1, 0.15) is 32.9 Å². The molecule has 4 N–H and O–H groups in total. The summed E-state index contributed by atoms with van der Waals surface area (Å²) in [5, 5.41) is 9.36. The smallest absolute Gasteiger partial charge is 0.253 e. The van der Waals surface area contributed by atoms with E-state index < -0.39 is 10.0 Å². The number of carbonyl (C=O) groups is 1. The molecule has 0 saturated heterocycles. The lowest BCUT2D eigenvalue weighted by molar-refractivity contribution is 0.0953. The van der Waals surface area contributed by atoms with Crippen LogP contribution in [0.2, 0.25) is 0 Å². The van der Waals surface area contributed by atoms with Crippen molar-refractivity contribution >= 4 is 26.8 Å². The van der Waals surface area contributed by atoms with E-state index in [1.54, 1.807) is 12.1 Å². The van der Waals surface area contributed by atoms with Crippen LogP contribution < -0.4 is 10.5 Å².